The lowest BCUT2D eigenvalue weighted by Gasteiger charge is -2.01. The minimum absolute atomic E-state index is 0.380. The standard InChI is InChI=1S/C9H6ClNO2S/c1-13-9(12)6-3-2-5-4-11-14-8(5)7(6)10/h2-4H,1H3. The maximum absolute atomic E-state index is 11.3. The van der Waals surface area contributed by atoms with Gasteiger partial charge in [0.15, 0.2) is 0 Å². The first kappa shape index (κ1) is 9.43. The Morgan fingerprint density at radius 3 is 3.07 bits per heavy atom. The Hall–Kier alpha value is -1.13. The summed E-state index contributed by atoms with van der Waals surface area (Å²) in [6.07, 6.45) is 1.72. The number of hydrogen-bond acceptors (Lipinski definition) is 4. The van der Waals surface area contributed by atoms with Crippen LogP contribution in [0.1, 0.15) is 10.4 Å². The number of carbonyl (C=O) groups excluding carboxylic acids is 1. The zero-order valence-electron chi connectivity index (χ0n) is 7.28. The molecule has 0 amide bonds. The number of fused-ring (bicyclic) bond motifs is 1. The number of aromatic nitrogens is 1. The molecule has 0 N–H and O–H groups in total. The van der Waals surface area contributed by atoms with Gasteiger partial charge in [0.25, 0.3) is 0 Å². The van der Waals surface area contributed by atoms with Crippen LogP contribution in [0, 0.1) is 0 Å². The summed E-state index contributed by atoms with van der Waals surface area (Å²) in [7, 11) is 1.33. The van der Waals surface area contributed by atoms with Crippen molar-refractivity contribution in [2.45, 2.75) is 0 Å². The Labute approximate surface area is 89.4 Å². The lowest BCUT2D eigenvalue weighted by molar-refractivity contribution is 0.0601. The maximum Gasteiger partial charge on any atom is 0.339 e. The molecule has 0 aliphatic heterocycles. The molecular weight excluding hydrogens is 222 g/mol. The normalized spacial score (nSPS) is 10.4. The Balaban J connectivity index is 2.67. The summed E-state index contributed by atoms with van der Waals surface area (Å²) in [5, 5.41) is 1.35. The highest BCUT2D eigenvalue weighted by atomic mass is 35.5. The molecule has 0 saturated carbocycles. The van der Waals surface area contributed by atoms with Gasteiger partial charge in [0.2, 0.25) is 0 Å². The molecule has 2 rings (SSSR count). The molecule has 1 aromatic heterocycles. The largest absolute Gasteiger partial charge is 0.465 e. The van der Waals surface area contributed by atoms with E-state index in [4.69, 9.17) is 11.6 Å². The molecular formula is C9H6ClNO2S. The summed E-state index contributed by atoms with van der Waals surface area (Å²) in [5.41, 5.74) is 0.380. The van der Waals surface area contributed by atoms with Crippen molar-refractivity contribution < 1.29 is 9.53 Å². The van der Waals surface area contributed by atoms with Crippen LogP contribution < -0.4 is 0 Å². The highest BCUT2D eigenvalue weighted by Crippen LogP contribution is 2.30. The summed E-state index contributed by atoms with van der Waals surface area (Å²) in [6.45, 7) is 0. The highest BCUT2D eigenvalue weighted by molar-refractivity contribution is 7.14. The number of methoxy groups -OCH3 is 1. The van der Waals surface area contributed by atoms with Crippen LogP contribution in [0.5, 0.6) is 0 Å². The fraction of sp³-hybridized carbons (Fsp3) is 0.111. The van der Waals surface area contributed by atoms with Crippen molar-refractivity contribution in [3.8, 4) is 0 Å². The molecule has 0 saturated heterocycles. The molecule has 72 valence electrons. The molecule has 5 heteroatoms. The molecule has 0 aliphatic carbocycles. The number of hydrogen-bond donors (Lipinski definition) is 0. The summed E-state index contributed by atoms with van der Waals surface area (Å²) in [4.78, 5) is 11.3. The topological polar surface area (TPSA) is 39.2 Å². The lowest BCUT2D eigenvalue weighted by Crippen LogP contribution is -2.01. The van der Waals surface area contributed by atoms with Crippen LogP contribution in [0.2, 0.25) is 5.02 Å². The van der Waals surface area contributed by atoms with Crippen molar-refractivity contribution in [2.24, 2.45) is 0 Å². The van der Waals surface area contributed by atoms with Gasteiger partial charge in [-0.3, -0.25) is 0 Å². The second kappa shape index (κ2) is 3.55. The van der Waals surface area contributed by atoms with Gasteiger partial charge in [-0.25, -0.2) is 4.79 Å². The van der Waals surface area contributed by atoms with E-state index in [0.29, 0.717) is 10.6 Å². The molecule has 1 aromatic carbocycles. The number of ether oxygens (including phenoxy) is 1. The van der Waals surface area contributed by atoms with Gasteiger partial charge in [0, 0.05) is 11.6 Å². The third-order valence-electron chi connectivity index (χ3n) is 1.87. The number of esters is 1. The van der Waals surface area contributed by atoms with Crippen LogP contribution in [0.25, 0.3) is 10.1 Å². The van der Waals surface area contributed by atoms with Crippen LogP contribution in [0.4, 0.5) is 0 Å². The van der Waals surface area contributed by atoms with Gasteiger partial charge >= 0.3 is 5.97 Å². The van der Waals surface area contributed by atoms with Crippen LogP contribution in [-0.2, 0) is 4.74 Å². The van der Waals surface area contributed by atoms with E-state index in [1.807, 2.05) is 0 Å². The van der Waals surface area contributed by atoms with Gasteiger partial charge in [-0.2, -0.15) is 4.37 Å². The molecule has 0 radical (unpaired) electrons. The first-order valence-corrected chi connectivity index (χ1v) is 5.00. The van der Waals surface area contributed by atoms with E-state index >= 15 is 0 Å². The van der Waals surface area contributed by atoms with Gasteiger partial charge in [-0.05, 0) is 17.6 Å². The van der Waals surface area contributed by atoms with E-state index in [1.54, 1.807) is 18.3 Å². The molecule has 0 unspecified atom stereocenters. The Morgan fingerprint density at radius 1 is 1.57 bits per heavy atom. The van der Waals surface area contributed by atoms with Crippen LogP contribution in [0.15, 0.2) is 18.3 Å². The van der Waals surface area contributed by atoms with Crippen LogP contribution in [0.3, 0.4) is 0 Å². The average molecular weight is 228 g/mol. The Bertz CT molecular complexity index is 495. The van der Waals surface area contributed by atoms with Gasteiger partial charge < -0.3 is 4.74 Å². The number of halogens is 1. The Morgan fingerprint density at radius 2 is 2.36 bits per heavy atom. The maximum atomic E-state index is 11.3. The van der Waals surface area contributed by atoms with Gasteiger partial charge in [0.05, 0.1) is 22.4 Å². The summed E-state index contributed by atoms with van der Waals surface area (Å²) < 4.78 is 9.41. The van der Waals surface area contributed by atoms with E-state index in [2.05, 4.69) is 9.11 Å². The van der Waals surface area contributed by atoms with E-state index in [0.717, 1.165) is 10.1 Å². The summed E-state index contributed by atoms with van der Waals surface area (Å²) >= 11 is 7.29. The van der Waals surface area contributed by atoms with Crippen molar-refractivity contribution in [3.05, 3.63) is 28.9 Å². The van der Waals surface area contributed by atoms with Crippen molar-refractivity contribution >= 4 is 39.2 Å². The molecule has 0 spiro atoms. The van der Waals surface area contributed by atoms with E-state index in [1.165, 1.54) is 18.6 Å². The molecule has 1 heterocycles. The van der Waals surface area contributed by atoms with E-state index in [-0.39, 0.29) is 0 Å². The SMILES string of the molecule is COC(=O)c1ccc2cnsc2c1Cl. The second-order valence-corrected chi connectivity index (χ2v) is 3.84. The minimum atomic E-state index is -0.426. The lowest BCUT2D eigenvalue weighted by atomic mass is 10.2. The van der Waals surface area contributed by atoms with Crippen molar-refractivity contribution in [3.63, 3.8) is 0 Å². The molecule has 0 bridgehead atoms. The summed E-state index contributed by atoms with van der Waals surface area (Å²) in [6, 6.07) is 3.45. The second-order valence-electron chi connectivity index (χ2n) is 2.66. The molecule has 0 aliphatic rings. The quantitative estimate of drug-likeness (QED) is 0.704. The third-order valence-corrected chi connectivity index (χ3v) is 3.21. The average Bonchev–Trinajstić information content (AvgIpc) is 2.66. The first-order chi connectivity index (χ1) is 6.74. The smallest absolute Gasteiger partial charge is 0.339 e. The van der Waals surface area contributed by atoms with Crippen LogP contribution >= 0.6 is 23.1 Å². The molecule has 2 aromatic rings. The number of benzene rings is 1. The minimum Gasteiger partial charge on any atom is -0.465 e. The van der Waals surface area contributed by atoms with Crippen LogP contribution in [-0.4, -0.2) is 17.5 Å². The van der Waals surface area contributed by atoms with Gasteiger partial charge in [0.1, 0.15) is 0 Å². The van der Waals surface area contributed by atoms with Gasteiger partial charge in [-0.1, -0.05) is 17.7 Å². The Kier molecular flexibility index (Phi) is 2.39. The molecule has 0 fully saturated rings. The van der Waals surface area contributed by atoms with Crippen molar-refractivity contribution in [1.82, 2.24) is 4.37 Å². The summed E-state index contributed by atoms with van der Waals surface area (Å²) in [5.74, 6) is -0.426. The molecule has 3 nitrogen and oxygen atoms in total. The monoisotopic (exact) mass is 227 g/mol. The first-order valence-electron chi connectivity index (χ1n) is 3.85. The zero-order chi connectivity index (χ0) is 10.1. The molecule has 14 heavy (non-hydrogen) atoms. The third kappa shape index (κ3) is 1.36. The highest BCUT2D eigenvalue weighted by Gasteiger charge is 2.13. The fourth-order valence-electron chi connectivity index (χ4n) is 1.17. The zero-order valence-corrected chi connectivity index (χ0v) is 8.85. The van der Waals surface area contributed by atoms with Gasteiger partial charge in [-0.15, -0.1) is 0 Å². The van der Waals surface area contributed by atoms with E-state index < -0.39 is 5.97 Å². The molecule has 0 atom stereocenters. The number of carbonyl (C=O) groups is 1. The van der Waals surface area contributed by atoms with Crippen molar-refractivity contribution in [1.29, 1.82) is 0 Å². The predicted octanol–water partition coefficient (Wildman–Crippen LogP) is 2.74. The fourth-order valence-corrected chi connectivity index (χ4v) is 2.21. The number of nitrogens with zero attached hydrogens (tertiary/aromatic N) is 1. The number of rotatable bonds is 1. The predicted molar refractivity (Wildman–Crippen MR) is 56.0 cm³/mol. The van der Waals surface area contributed by atoms with Crippen molar-refractivity contribution in [2.75, 3.05) is 7.11 Å². The van der Waals surface area contributed by atoms with E-state index in [9.17, 15) is 4.79 Å².